The van der Waals surface area contributed by atoms with Crippen LogP contribution in [0.5, 0.6) is 5.75 Å². The molecule has 0 spiro atoms. The van der Waals surface area contributed by atoms with E-state index in [4.69, 9.17) is 9.26 Å². The van der Waals surface area contributed by atoms with Crippen molar-refractivity contribution < 1.29 is 14.4 Å². The molecule has 0 aliphatic rings. The lowest BCUT2D eigenvalue weighted by molar-refractivity contribution is 0.0322. The number of rotatable bonds is 8. The molecule has 0 aliphatic heterocycles. The molecule has 1 N–H and O–H groups in total. The van der Waals surface area contributed by atoms with Crippen LogP contribution >= 0.6 is 0 Å². The van der Waals surface area contributed by atoms with Gasteiger partial charge in [-0.1, -0.05) is 12.1 Å². The first kappa shape index (κ1) is 17.4. The number of aromatic nitrogens is 2. The monoisotopic (exact) mass is 319 g/mol. The number of hydrogen-bond acceptors (Lipinski definition) is 6. The van der Waals surface area contributed by atoms with E-state index in [0.717, 1.165) is 17.9 Å². The number of likely N-dealkylation sites (N-methyl/N-ethyl adjacent to an activating group) is 1. The van der Waals surface area contributed by atoms with E-state index in [-0.39, 0.29) is 0 Å². The summed E-state index contributed by atoms with van der Waals surface area (Å²) >= 11 is 0. The molecule has 0 atom stereocenters. The fourth-order valence-corrected chi connectivity index (χ4v) is 2.32. The molecule has 0 fully saturated rings. The molecule has 23 heavy (non-hydrogen) atoms. The zero-order chi connectivity index (χ0) is 16.9. The molecule has 2 aromatic rings. The molecule has 0 unspecified atom stereocenters. The zero-order valence-corrected chi connectivity index (χ0v) is 14.2. The summed E-state index contributed by atoms with van der Waals surface area (Å²) in [6, 6.07) is 7.60. The second kappa shape index (κ2) is 7.57. The van der Waals surface area contributed by atoms with E-state index >= 15 is 0 Å². The van der Waals surface area contributed by atoms with E-state index in [1.165, 1.54) is 0 Å². The van der Waals surface area contributed by atoms with Gasteiger partial charge in [-0.2, -0.15) is 4.98 Å². The fourth-order valence-electron chi connectivity index (χ4n) is 2.32. The zero-order valence-electron chi connectivity index (χ0n) is 14.2. The lowest BCUT2D eigenvalue weighted by Gasteiger charge is -2.26. The van der Waals surface area contributed by atoms with Gasteiger partial charge in [0.1, 0.15) is 5.75 Å². The lowest BCUT2D eigenvalue weighted by atomic mass is 10.1. The number of benzene rings is 1. The van der Waals surface area contributed by atoms with E-state index in [0.29, 0.717) is 31.4 Å². The first-order chi connectivity index (χ1) is 10.9. The molecule has 2 rings (SSSR count). The van der Waals surface area contributed by atoms with Gasteiger partial charge in [-0.05, 0) is 51.6 Å². The van der Waals surface area contributed by atoms with E-state index in [1.54, 1.807) is 13.8 Å². The Morgan fingerprint density at radius 3 is 2.48 bits per heavy atom. The molecular weight excluding hydrogens is 294 g/mol. The van der Waals surface area contributed by atoms with Gasteiger partial charge in [0.25, 0.3) is 0 Å². The SMILES string of the molecule is CCOc1ccc(-c2noc(CN(CC)CC(C)(C)O)n2)cc1. The van der Waals surface area contributed by atoms with Crippen LogP contribution in [0, 0.1) is 0 Å². The first-order valence-electron chi connectivity index (χ1n) is 7.92. The number of ether oxygens (including phenoxy) is 1. The highest BCUT2D eigenvalue weighted by molar-refractivity contribution is 5.55. The molecule has 1 aromatic heterocycles. The summed E-state index contributed by atoms with van der Waals surface area (Å²) in [6.45, 7) is 10.1. The largest absolute Gasteiger partial charge is 0.494 e. The lowest BCUT2D eigenvalue weighted by Crippen LogP contribution is -2.38. The fraction of sp³-hybridized carbons (Fsp3) is 0.529. The Labute approximate surface area is 137 Å². The predicted octanol–water partition coefficient (Wildman–Crippen LogP) is 2.73. The van der Waals surface area contributed by atoms with Crippen LogP contribution < -0.4 is 4.74 Å². The third-order valence-corrected chi connectivity index (χ3v) is 3.31. The smallest absolute Gasteiger partial charge is 0.241 e. The van der Waals surface area contributed by atoms with Crippen LogP contribution in [0.15, 0.2) is 28.8 Å². The van der Waals surface area contributed by atoms with Crippen molar-refractivity contribution in [3.8, 4) is 17.1 Å². The second-order valence-corrected chi connectivity index (χ2v) is 6.08. The van der Waals surface area contributed by atoms with E-state index < -0.39 is 5.60 Å². The Hall–Kier alpha value is -1.92. The highest BCUT2D eigenvalue weighted by Crippen LogP contribution is 2.20. The van der Waals surface area contributed by atoms with Crippen LogP contribution in [0.3, 0.4) is 0 Å². The summed E-state index contributed by atoms with van der Waals surface area (Å²) in [5.74, 6) is 1.92. The third kappa shape index (κ3) is 5.33. The average molecular weight is 319 g/mol. The molecule has 0 radical (unpaired) electrons. The maximum Gasteiger partial charge on any atom is 0.241 e. The minimum absolute atomic E-state index is 0.518. The Morgan fingerprint density at radius 2 is 1.91 bits per heavy atom. The standard InChI is InChI=1S/C17H25N3O3/c1-5-20(12-17(3,4)21)11-15-18-16(19-23-15)13-7-9-14(10-8-13)22-6-2/h7-10,21H,5-6,11-12H2,1-4H3. The van der Waals surface area contributed by atoms with Crippen molar-refractivity contribution in [3.05, 3.63) is 30.2 Å². The van der Waals surface area contributed by atoms with Gasteiger partial charge in [0.05, 0.1) is 18.8 Å². The molecule has 6 heteroatoms. The topological polar surface area (TPSA) is 71.6 Å². The summed E-state index contributed by atoms with van der Waals surface area (Å²) in [5.41, 5.74) is 0.127. The van der Waals surface area contributed by atoms with E-state index in [2.05, 4.69) is 15.0 Å². The van der Waals surface area contributed by atoms with Crippen LogP contribution in [0.2, 0.25) is 0 Å². The van der Waals surface area contributed by atoms with Gasteiger partial charge in [0.2, 0.25) is 11.7 Å². The minimum Gasteiger partial charge on any atom is -0.494 e. The van der Waals surface area contributed by atoms with Crippen LogP contribution in [0.25, 0.3) is 11.4 Å². The highest BCUT2D eigenvalue weighted by Gasteiger charge is 2.19. The Morgan fingerprint density at radius 1 is 1.22 bits per heavy atom. The Kier molecular flexibility index (Phi) is 5.74. The van der Waals surface area contributed by atoms with Crippen LogP contribution in [-0.4, -0.2) is 45.4 Å². The van der Waals surface area contributed by atoms with Gasteiger partial charge < -0.3 is 14.4 Å². The molecule has 1 aromatic carbocycles. The molecule has 0 bridgehead atoms. The van der Waals surface area contributed by atoms with Gasteiger partial charge in [0, 0.05) is 12.1 Å². The van der Waals surface area contributed by atoms with Crippen molar-refractivity contribution in [3.63, 3.8) is 0 Å². The molecular formula is C17H25N3O3. The highest BCUT2D eigenvalue weighted by atomic mass is 16.5. The van der Waals surface area contributed by atoms with Crippen molar-refractivity contribution in [1.82, 2.24) is 15.0 Å². The normalized spacial score (nSPS) is 11.9. The number of aliphatic hydroxyl groups is 1. The third-order valence-electron chi connectivity index (χ3n) is 3.31. The average Bonchev–Trinajstić information content (AvgIpc) is 2.95. The summed E-state index contributed by atoms with van der Waals surface area (Å²) in [4.78, 5) is 6.50. The molecule has 1 heterocycles. The molecule has 126 valence electrons. The van der Waals surface area contributed by atoms with Crippen molar-refractivity contribution in [2.75, 3.05) is 19.7 Å². The maximum absolute atomic E-state index is 9.93. The van der Waals surface area contributed by atoms with E-state index in [1.807, 2.05) is 38.1 Å². The molecule has 0 aliphatic carbocycles. The van der Waals surface area contributed by atoms with Crippen LogP contribution in [0.1, 0.15) is 33.6 Å². The van der Waals surface area contributed by atoms with Gasteiger partial charge in [-0.25, -0.2) is 0 Å². The van der Waals surface area contributed by atoms with Gasteiger partial charge in [-0.3, -0.25) is 4.90 Å². The number of hydrogen-bond donors (Lipinski definition) is 1. The molecule has 0 saturated carbocycles. The second-order valence-electron chi connectivity index (χ2n) is 6.08. The van der Waals surface area contributed by atoms with Crippen molar-refractivity contribution in [2.45, 2.75) is 39.8 Å². The van der Waals surface area contributed by atoms with Crippen LogP contribution in [-0.2, 0) is 6.54 Å². The summed E-state index contributed by atoms with van der Waals surface area (Å²) in [5, 5.41) is 14.0. The summed E-state index contributed by atoms with van der Waals surface area (Å²) < 4.78 is 10.7. The summed E-state index contributed by atoms with van der Waals surface area (Å²) in [6.07, 6.45) is 0. The molecule has 0 amide bonds. The Balaban J connectivity index is 2.04. The van der Waals surface area contributed by atoms with Crippen molar-refractivity contribution >= 4 is 0 Å². The number of nitrogens with zero attached hydrogens (tertiary/aromatic N) is 3. The minimum atomic E-state index is -0.756. The first-order valence-corrected chi connectivity index (χ1v) is 7.92. The quantitative estimate of drug-likeness (QED) is 0.806. The molecule has 0 saturated heterocycles. The summed E-state index contributed by atoms with van der Waals surface area (Å²) in [7, 11) is 0. The van der Waals surface area contributed by atoms with Crippen molar-refractivity contribution in [1.29, 1.82) is 0 Å². The van der Waals surface area contributed by atoms with Gasteiger partial charge in [0.15, 0.2) is 0 Å². The van der Waals surface area contributed by atoms with Gasteiger partial charge in [-0.15, -0.1) is 0 Å². The van der Waals surface area contributed by atoms with Gasteiger partial charge >= 0.3 is 0 Å². The van der Waals surface area contributed by atoms with E-state index in [9.17, 15) is 5.11 Å². The van der Waals surface area contributed by atoms with Crippen LogP contribution in [0.4, 0.5) is 0 Å². The Bertz CT molecular complexity index is 602. The molecule has 6 nitrogen and oxygen atoms in total. The maximum atomic E-state index is 9.93. The van der Waals surface area contributed by atoms with Crippen molar-refractivity contribution in [2.24, 2.45) is 0 Å². The predicted molar refractivity (Wildman–Crippen MR) is 88.2 cm³/mol.